The second-order valence-corrected chi connectivity index (χ2v) is 7.73. The van der Waals surface area contributed by atoms with Crippen LogP contribution in [0.25, 0.3) is 22.0 Å². The third kappa shape index (κ3) is 4.42. The first-order chi connectivity index (χ1) is 14.1. The molecule has 0 bridgehead atoms. The van der Waals surface area contributed by atoms with E-state index in [-0.39, 0.29) is 29.8 Å². The Hall–Kier alpha value is -3.42. The lowest BCUT2D eigenvalue weighted by Crippen LogP contribution is -2.26. The molecule has 0 aliphatic rings. The molecule has 0 saturated carbocycles. The fourth-order valence-corrected chi connectivity index (χ4v) is 2.99. The van der Waals surface area contributed by atoms with Gasteiger partial charge < -0.3 is 13.9 Å². The second-order valence-electron chi connectivity index (χ2n) is 7.73. The first-order valence-corrected chi connectivity index (χ1v) is 9.32. The smallest absolute Gasteiger partial charge is 0.419 e. The van der Waals surface area contributed by atoms with Crippen LogP contribution in [-0.2, 0) is 14.3 Å². The van der Waals surface area contributed by atoms with Gasteiger partial charge >= 0.3 is 12.1 Å². The summed E-state index contributed by atoms with van der Waals surface area (Å²) in [5, 5.41) is 0.206. The molecule has 8 heteroatoms. The third-order valence-corrected chi connectivity index (χ3v) is 4.34. The van der Waals surface area contributed by atoms with Gasteiger partial charge in [0.2, 0.25) is 0 Å². The molecule has 0 unspecified atom stereocenters. The van der Waals surface area contributed by atoms with E-state index in [4.69, 9.17) is 9.15 Å². The molecule has 0 N–H and O–H groups in total. The van der Waals surface area contributed by atoms with Gasteiger partial charge in [-0.2, -0.15) is 0 Å². The number of ether oxygens (including phenoxy) is 2. The average molecular weight is 415 g/mol. The van der Waals surface area contributed by atoms with Crippen molar-refractivity contribution in [2.45, 2.75) is 39.2 Å². The Bertz CT molecular complexity index is 1120. The van der Waals surface area contributed by atoms with E-state index in [0.717, 1.165) is 0 Å². The van der Waals surface area contributed by atoms with Gasteiger partial charge in [-0.05, 0) is 39.0 Å². The number of ketones is 1. The van der Waals surface area contributed by atoms with Crippen molar-refractivity contribution in [3.63, 3.8) is 0 Å². The van der Waals surface area contributed by atoms with E-state index < -0.39 is 23.5 Å². The summed E-state index contributed by atoms with van der Waals surface area (Å²) >= 11 is 0. The van der Waals surface area contributed by atoms with E-state index >= 15 is 0 Å². The maximum Gasteiger partial charge on any atom is 0.419 e. The number of aromatic nitrogens is 1. The maximum absolute atomic E-state index is 14.6. The first-order valence-electron chi connectivity index (χ1n) is 9.32. The number of Topliss-reactive ketones (excluding diaryl/α,β-unsaturated/α-hetero) is 1. The summed E-state index contributed by atoms with van der Waals surface area (Å²) in [6.07, 6.45) is 1.97. The highest BCUT2D eigenvalue weighted by Gasteiger charge is 2.24. The summed E-state index contributed by atoms with van der Waals surface area (Å²) in [4.78, 5) is 36.1. The number of furan rings is 1. The van der Waals surface area contributed by atoms with Crippen molar-refractivity contribution in [2.75, 3.05) is 7.11 Å². The summed E-state index contributed by atoms with van der Waals surface area (Å²) in [5.74, 6) is -1.38. The Morgan fingerprint density at radius 2 is 1.90 bits per heavy atom. The van der Waals surface area contributed by atoms with Crippen LogP contribution in [0.1, 0.15) is 44.2 Å². The molecule has 0 aliphatic heterocycles. The molecule has 30 heavy (non-hydrogen) atoms. The Kier molecular flexibility index (Phi) is 5.78. The quantitative estimate of drug-likeness (QED) is 0.432. The number of benzene rings is 1. The Morgan fingerprint density at radius 1 is 1.17 bits per heavy atom. The van der Waals surface area contributed by atoms with Crippen LogP contribution in [0.4, 0.5) is 9.18 Å². The van der Waals surface area contributed by atoms with E-state index in [2.05, 4.69) is 4.74 Å². The Balaban J connectivity index is 1.99. The van der Waals surface area contributed by atoms with Crippen molar-refractivity contribution in [1.29, 1.82) is 0 Å². The standard InChI is InChI=1S/C22H22FNO6/c1-22(2,3)30-21(27)24-11-14(20-15(23)6-5-7-16(20)24)13-10-18(29-12-13)17(25)8-9-19(26)28-4/h5-7,10-12H,8-9H2,1-4H3. The van der Waals surface area contributed by atoms with Gasteiger partial charge in [0.25, 0.3) is 0 Å². The number of rotatable bonds is 5. The number of carbonyl (C=O) groups is 3. The molecule has 2 aromatic heterocycles. The van der Waals surface area contributed by atoms with Gasteiger partial charge in [-0.25, -0.2) is 9.18 Å². The lowest BCUT2D eigenvalue weighted by molar-refractivity contribution is -0.140. The second kappa shape index (κ2) is 8.14. The molecule has 0 saturated heterocycles. The minimum Gasteiger partial charge on any atom is -0.469 e. The zero-order chi connectivity index (χ0) is 22.1. The van der Waals surface area contributed by atoms with Crippen molar-refractivity contribution in [1.82, 2.24) is 4.57 Å². The normalized spacial score (nSPS) is 11.5. The summed E-state index contributed by atoms with van der Waals surface area (Å²) in [6, 6.07) is 5.85. The van der Waals surface area contributed by atoms with Crippen molar-refractivity contribution in [2.24, 2.45) is 0 Å². The number of methoxy groups -OCH3 is 1. The van der Waals surface area contributed by atoms with E-state index in [1.54, 1.807) is 26.8 Å². The fraction of sp³-hybridized carbons (Fsp3) is 0.318. The number of nitrogens with zero attached hydrogens (tertiary/aromatic N) is 1. The van der Waals surface area contributed by atoms with E-state index in [9.17, 15) is 18.8 Å². The predicted molar refractivity (Wildman–Crippen MR) is 107 cm³/mol. The van der Waals surface area contributed by atoms with Crippen LogP contribution in [0.2, 0.25) is 0 Å². The van der Waals surface area contributed by atoms with Gasteiger partial charge in [-0.3, -0.25) is 14.2 Å². The molecule has 0 radical (unpaired) electrons. The monoisotopic (exact) mass is 415 g/mol. The summed E-state index contributed by atoms with van der Waals surface area (Å²) in [7, 11) is 1.24. The largest absolute Gasteiger partial charge is 0.469 e. The lowest BCUT2D eigenvalue weighted by atomic mass is 10.1. The third-order valence-electron chi connectivity index (χ3n) is 4.34. The molecular weight excluding hydrogens is 393 g/mol. The van der Waals surface area contributed by atoms with Gasteiger partial charge in [-0.15, -0.1) is 0 Å². The van der Waals surface area contributed by atoms with Crippen LogP contribution in [0.3, 0.4) is 0 Å². The Morgan fingerprint density at radius 3 is 2.57 bits per heavy atom. The molecule has 0 spiro atoms. The van der Waals surface area contributed by atoms with Gasteiger partial charge in [0.05, 0.1) is 25.3 Å². The highest BCUT2D eigenvalue weighted by atomic mass is 19.1. The minimum absolute atomic E-state index is 0.0309. The van der Waals surface area contributed by atoms with Crippen LogP contribution in [-0.4, -0.2) is 35.1 Å². The molecule has 0 atom stereocenters. The number of esters is 1. The van der Waals surface area contributed by atoms with Crippen molar-refractivity contribution in [3.05, 3.63) is 48.3 Å². The molecule has 2 heterocycles. The molecule has 7 nitrogen and oxygen atoms in total. The van der Waals surface area contributed by atoms with Gasteiger partial charge in [0, 0.05) is 29.1 Å². The van der Waals surface area contributed by atoms with Crippen molar-refractivity contribution in [3.8, 4) is 11.1 Å². The van der Waals surface area contributed by atoms with E-state index in [0.29, 0.717) is 16.6 Å². The van der Waals surface area contributed by atoms with Crippen molar-refractivity contribution >= 4 is 28.7 Å². The van der Waals surface area contributed by atoms with E-state index in [1.165, 1.54) is 42.3 Å². The number of hydrogen-bond acceptors (Lipinski definition) is 6. The number of fused-ring (bicyclic) bond motifs is 1. The van der Waals surface area contributed by atoms with Crippen molar-refractivity contribution < 1.29 is 32.7 Å². The van der Waals surface area contributed by atoms with Crippen LogP contribution in [0.5, 0.6) is 0 Å². The number of carbonyl (C=O) groups excluding carboxylic acids is 3. The molecule has 0 fully saturated rings. The molecule has 3 rings (SSSR count). The fourth-order valence-electron chi connectivity index (χ4n) is 2.99. The molecule has 158 valence electrons. The van der Waals surface area contributed by atoms with Gasteiger partial charge in [-0.1, -0.05) is 6.07 Å². The van der Waals surface area contributed by atoms with E-state index in [1.807, 2.05) is 0 Å². The molecular formula is C22H22FNO6. The minimum atomic E-state index is -0.726. The predicted octanol–water partition coefficient (Wildman–Crippen LogP) is 4.96. The van der Waals surface area contributed by atoms with Crippen LogP contribution < -0.4 is 0 Å². The summed E-state index contributed by atoms with van der Waals surface area (Å²) in [5.41, 5.74) is 0.410. The average Bonchev–Trinajstić information content (AvgIpc) is 3.30. The van der Waals surface area contributed by atoms with Crippen LogP contribution >= 0.6 is 0 Å². The van der Waals surface area contributed by atoms with Crippen LogP contribution in [0, 0.1) is 5.82 Å². The molecule has 3 aromatic rings. The van der Waals surface area contributed by atoms with Gasteiger partial charge in [0.1, 0.15) is 11.4 Å². The highest BCUT2D eigenvalue weighted by Crippen LogP contribution is 2.34. The lowest BCUT2D eigenvalue weighted by Gasteiger charge is -2.19. The topological polar surface area (TPSA) is 87.7 Å². The van der Waals surface area contributed by atoms with Gasteiger partial charge in [0.15, 0.2) is 11.5 Å². The summed E-state index contributed by atoms with van der Waals surface area (Å²) < 4.78 is 31.1. The molecule has 0 aliphatic carbocycles. The SMILES string of the molecule is COC(=O)CCC(=O)c1cc(-c2cn(C(=O)OC(C)(C)C)c3cccc(F)c23)co1. The highest BCUT2D eigenvalue weighted by molar-refractivity contribution is 6.02. The summed E-state index contributed by atoms with van der Waals surface area (Å²) in [6.45, 7) is 5.21. The first kappa shape index (κ1) is 21.3. The van der Waals surface area contributed by atoms with Crippen LogP contribution in [0.15, 0.2) is 41.1 Å². The Labute approximate surface area is 172 Å². The maximum atomic E-state index is 14.6. The zero-order valence-corrected chi connectivity index (χ0v) is 17.2. The number of halogens is 1. The molecule has 0 amide bonds. The number of hydrogen-bond donors (Lipinski definition) is 0. The molecule has 1 aromatic carbocycles. The zero-order valence-electron chi connectivity index (χ0n) is 17.2.